The fraction of sp³-hybridized carbons (Fsp3) is 0.412. The molecule has 0 aromatic carbocycles. The first-order chi connectivity index (χ1) is 13.2. The lowest BCUT2D eigenvalue weighted by molar-refractivity contribution is -0.138. The van der Waals surface area contributed by atoms with Gasteiger partial charge in [-0.25, -0.2) is 9.97 Å². The zero-order valence-corrected chi connectivity index (χ0v) is 15.4. The van der Waals surface area contributed by atoms with E-state index < -0.39 is 17.7 Å². The number of halogens is 3. The van der Waals surface area contributed by atoms with Crippen LogP contribution in [0.2, 0.25) is 0 Å². The molecular weight excluding hydrogens is 397 g/mol. The lowest BCUT2D eigenvalue weighted by atomic mass is 9.96. The minimum atomic E-state index is -4.42. The number of hydrogen-bond acceptors (Lipinski definition) is 6. The number of amides is 1. The van der Waals surface area contributed by atoms with E-state index in [0.29, 0.717) is 42.6 Å². The monoisotopic (exact) mass is 414 g/mol. The average molecular weight is 414 g/mol. The molecule has 0 aliphatic carbocycles. The van der Waals surface area contributed by atoms with Crippen molar-refractivity contribution in [3.05, 3.63) is 35.0 Å². The molecular formula is C17H17F3N4O3S. The number of carboxylic acids is 1. The number of aromatic nitrogens is 2. The Balaban J connectivity index is 1.52. The van der Waals surface area contributed by atoms with Crippen LogP contribution in [-0.2, 0) is 22.2 Å². The van der Waals surface area contributed by atoms with Gasteiger partial charge in [0, 0.05) is 30.6 Å². The van der Waals surface area contributed by atoms with Gasteiger partial charge in [-0.15, -0.1) is 11.3 Å². The van der Waals surface area contributed by atoms with Crippen LogP contribution in [0.1, 0.15) is 24.1 Å². The van der Waals surface area contributed by atoms with Crippen molar-refractivity contribution < 1.29 is 27.9 Å². The molecule has 0 bridgehead atoms. The zero-order valence-electron chi connectivity index (χ0n) is 14.6. The molecule has 150 valence electrons. The molecule has 3 heterocycles. The Bertz CT molecular complexity index is 846. The maximum absolute atomic E-state index is 12.6. The third kappa shape index (κ3) is 4.97. The van der Waals surface area contributed by atoms with Crippen molar-refractivity contribution >= 4 is 34.2 Å². The molecule has 28 heavy (non-hydrogen) atoms. The Kier molecular flexibility index (Phi) is 5.82. The number of carbonyl (C=O) groups excluding carboxylic acids is 1. The van der Waals surface area contributed by atoms with Crippen LogP contribution in [0.15, 0.2) is 23.7 Å². The summed E-state index contributed by atoms with van der Waals surface area (Å²) in [6.07, 6.45) is -2.75. The number of hydrogen-bond donors (Lipinski definition) is 2. The predicted molar refractivity (Wildman–Crippen MR) is 96.3 cm³/mol. The summed E-state index contributed by atoms with van der Waals surface area (Å²) in [5, 5.41) is 13.4. The molecule has 0 unspecified atom stereocenters. The summed E-state index contributed by atoms with van der Waals surface area (Å²) >= 11 is 1.17. The first-order valence-electron chi connectivity index (χ1n) is 8.47. The highest BCUT2D eigenvalue weighted by Gasteiger charge is 2.31. The van der Waals surface area contributed by atoms with Crippen molar-refractivity contribution in [2.45, 2.75) is 25.4 Å². The Morgan fingerprint density at radius 1 is 1.29 bits per heavy atom. The van der Waals surface area contributed by atoms with Gasteiger partial charge >= 0.3 is 12.1 Å². The predicted octanol–water partition coefficient (Wildman–Crippen LogP) is 3.04. The lowest BCUT2D eigenvalue weighted by Crippen LogP contribution is -2.38. The van der Waals surface area contributed by atoms with Gasteiger partial charge in [0.2, 0.25) is 5.91 Å². The van der Waals surface area contributed by atoms with Gasteiger partial charge in [-0.1, -0.05) is 0 Å². The molecule has 1 aliphatic heterocycles. The molecule has 2 N–H and O–H groups in total. The smallest absolute Gasteiger partial charge is 0.417 e. The van der Waals surface area contributed by atoms with Gasteiger partial charge in [-0.3, -0.25) is 9.59 Å². The first kappa shape index (κ1) is 20.1. The van der Waals surface area contributed by atoms with Crippen LogP contribution >= 0.6 is 11.3 Å². The number of alkyl halides is 3. The van der Waals surface area contributed by atoms with E-state index in [4.69, 9.17) is 5.11 Å². The largest absolute Gasteiger partial charge is 0.481 e. The van der Waals surface area contributed by atoms with E-state index in [2.05, 4.69) is 15.3 Å². The van der Waals surface area contributed by atoms with Gasteiger partial charge < -0.3 is 15.3 Å². The summed E-state index contributed by atoms with van der Waals surface area (Å²) in [4.78, 5) is 32.8. The van der Waals surface area contributed by atoms with Crippen molar-refractivity contribution in [1.29, 1.82) is 0 Å². The van der Waals surface area contributed by atoms with Crippen molar-refractivity contribution in [3.63, 3.8) is 0 Å². The summed E-state index contributed by atoms with van der Waals surface area (Å²) < 4.78 is 37.8. The van der Waals surface area contributed by atoms with Crippen molar-refractivity contribution in [2.75, 3.05) is 23.3 Å². The molecule has 11 heteroatoms. The van der Waals surface area contributed by atoms with Crippen LogP contribution < -0.4 is 10.2 Å². The summed E-state index contributed by atoms with van der Waals surface area (Å²) in [7, 11) is 0. The fourth-order valence-electron chi connectivity index (χ4n) is 2.92. The molecule has 3 rings (SSSR count). The zero-order chi connectivity index (χ0) is 20.3. The minimum Gasteiger partial charge on any atom is -0.481 e. The van der Waals surface area contributed by atoms with Gasteiger partial charge in [0.1, 0.15) is 5.82 Å². The van der Waals surface area contributed by atoms with Crippen LogP contribution in [0.4, 0.5) is 24.1 Å². The molecule has 1 aliphatic rings. The second-order valence-corrected chi connectivity index (χ2v) is 7.23. The SMILES string of the molecule is O=C(O)Cc1csc(NC(=O)C2CCN(c3ccc(C(F)(F)F)cn3)CC2)n1. The maximum Gasteiger partial charge on any atom is 0.417 e. The van der Waals surface area contributed by atoms with Crippen LogP contribution in [0.5, 0.6) is 0 Å². The second-order valence-electron chi connectivity index (χ2n) is 6.37. The summed E-state index contributed by atoms with van der Waals surface area (Å²) in [5.74, 6) is -0.994. The highest BCUT2D eigenvalue weighted by molar-refractivity contribution is 7.13. The summed E-state index contributed by atoms with van der Waals surface area (Å²) in [6, 6.07) is 2.33. The van der Waals surface area contributed by atoms with Crippen LogP contribution in [0.3, 0.4) is 0 Å². The highest BCUT2D eigenvalue weighted by atomic mass is 32.1. The Labute approximate surface area is 162 Å². The number of carbonyl (C=O) groups is 2. The van der Waals surface area contributed by atoms with E-state index >= 15 is 0 Å². The third-order valence-electron chi connectivity index (χ3n) is 4.38. The minimum absolute atomic E-state index is 0.198. The Morgan fingerprint density at radius 2 is 2.00 bits per heavy atom. The normalized spacial score (nSPS) is 15.5. The molecule has 1 saturated heterocycles. The lowest BCUT2D eigenvalue weighted by Gasteiger charge is -2.32. The van der Waals surface area contributed by atoms with Gasteiger partial charge in [-0.05, 0) is 25.0 Å². The molecule has 0 atom stereocenters. The van der Waals surface area contributed by atoms with E-state index in [1.165, 1.54) is 17.4 Å². The number of thiazole rings is 1. The van der Waals surface area contributed by atoms with Crippen molar-refractivity contribution in [2.24, 2.45) is 5.92 Å². The van der Waals surface area contributed by atoms with Crippen LogP contribution in [0, 0.1) is 5.92 Å². The van der Waals surface area contributed by atoms with E-state index in [1.54, 1.807) is 5.38 Å². The average Bonchev–Trinajstić information content (AvgIpc) is 3.07. The van der Waals surface area contributed by atoms with E-state index in [9.17, 15) is 22.8 Å². The standard InChI is InChI=1S/C17H17F3N4O3S/c18-17(19,20)11-1-2-13(21-8-11)24-5-3-10(4-6-24)15(27)23-16-22-12(9-28-16)7-14(25)26/h1-2,8-10H,3-7H2,(H,25,26)(H,22,23,27). The number of aliphatic carboxylic acids is 1. The van der Waals surface area contributed by atoms with Crippen LogP contribution in [0.25, 0.3) is 0 Å². The molecule has 2 aromatic heterocycles. The number of rotatable bonds is 5. The first-order valence-corrected chi connectivity index (χ1v) is 9.35. The number of nitrogens with one attached hydrogen (secondary N) is 1. The van der Waals surface area contributed by atoms with Gasteiger partial charge in [-0.2, -0.15) is 13.2 Å². The number of nitrogens with zero attached hydrogens (tertiary/aromatic N) is 3. The third-order valence-corrected chi connectivity index (χ3v) is 5.19. The molecule has 0 saturated carbocycles. The number of piperidine rings is 1. The number of pyridine rings is 1. The molecule has 1 amide bonds. The van der Waals surface area contributed by atoms with Gasteiger partial charge in [0.25, 0.3) is 0 Å². The molecule has 2 aromatic rings. The molecule has 7 nitrogen and oxygen atoms in total. The Morgan fingerprint density at radius 3 is 2.57 bits per heavy atom. The summed E-state index contributed by atoms with van der Waals surface area (Å²) in [5.41, 5.74) is -0.410. The van der Waals surface area contributed by atoms with E-state index in [1.807, 2.05) is 4.90 Å². The fourth-order valence-corrected chi connectivity index (χ4v) is 3.63. The summed E-state index contributed by atoms with van der Waals surface area (Å²) in [6.45, 7) is 0.997. The van der Waals surface area contributed by atoms with Gasteiger partial charge in [0.15, 0.2) is 5.13 Å². The number of anilines is 2. The Hall–Kier alpha value is -2.69. The molecule has 1 fully saturated rings. The second kappa shape index (κ2) is 8.13. The quantitative estimate of drug-likeness (QED) is 0.781. The van der Waals surface area contributed by atoms with Crippen LogP contribution in [-0.4, -0.2) is 40.0 Å². The van der Waals surface area contributed by atoms with Gasteiger partial charge in [0.05, 0.1) is 17.7 Å². The highest BCUT2D eigenvalue weighted by Crippen LogP contribution is 2.30. The number of carboxylic acid groups (broad SMARTS) is 1. The molecule has 0 radical (unpaired) electrons. The van der Waals surface area contributed by atoms with E-state index in [0.717, 1.165) is 12.3 Å². The maximum atomic E-state index is 12.6. The van der Waals surface area contributed by atoms with E-state index in [-0.39, 0.29) is 18.2 Å². The van der Waals surface area contributed by atoms with Crippen molar-refractivity contribution in [1.82, 2.24) is 9.97 Å². The molecule has 0 spiro atoms. The topological polar surface area (TPSA) is 95.4 Å². The van der Waals surface area contributed by atoms with Crippen molar-refractivity contribution in [3.8, 4) is 0 Å².